The third kappa shape index (κ3) is 5.47. The van der Waals surface area contributed by atoms with Gasteiger partial charge in [0.15, 0.2) is 11.5 Å². The number of aryl methyl sites for hydroxylation is 2. The van der Waals surface area contributed by atoms with Crippen LogP contribution in [0, 0.1) is 13.8 Å². The van der Waals surface area contributed by atoms with E-state index in [2.05, 4.69) is 21.4 Å². The number of nitrogens with one attached hydrogen (secondary N) is 1. The molecule has 0 amide bonds. The van der Waals surface area contributed by atoms with Crippen molar-refractivity contribution in [1.29, 1.82) is 0 Å². The molecule has 148 valence electrons. The standard InChI is InChI=1S/C21H31N3O3/c1-16-19(17(2)27-23-16)15-26-20-8-7-18(13-21(20)25-3)14-22-9-6-12-24-10-4-5-11-24/h7-8,13,22H,4-6,9-12,14-15H2,1-3H3. The highest BCUT2D eigenvalue weighted by Gasteiger charge is 2.12. The Kier molecular flexibility index (Phi) is 7.12. The van der Waals surface area contributed by atoms with E-state index in [-0.39, 0.29) is 0 Å². The van der Waals surface area contributed by atoms with Crippen LogP contribution in [-0.4, -0.2) is 43.3 Å². The zero-order valence-corrected chi connectivity index (χ0v) is 16.7. The first-order valence-corrected chi connectivity index (χ1v) is 9.82. The average Bonchev–Trinajstić information content (AvgIpc) is 3.30. The van der Waals surface area contributed by atoms with Crippen LogP contribution < -0.4 is 14.8 Å². The number of aromatic nitrogens is 1. The van der Waals surface area contributed by atoms with E-state index in [1.165, 1.54) is 44.5 Å². The van der Waals surface area contributed by atoms with Crippen molar-refractivity contribution in [2.24, 2.45) is 0 Å². The first-order valence-electron chi connectivity index (χ1n) is 9.82. The molecule has 0 aliphatic carbocycles. The predicted octanol–water partition coefficient (Wildman–Crippen LogP) is 3.45. The molecule has 1 aliphatic rings. The zero-order valence-electron chi connectivity index (χ0n) is 16.7. The maximum atomic E-state index is 5.94. The van der Waals surface area contributed by atoms with Gasteiger partial charge >= 0.3 is 0 Å². The molecule has 0 spiro atoms. The highest BCUT2D eigenvalue weighted by atomic mass is 16.5. The number of hydrogen-bond acceptors (Lipinski definition) is 6. The predicted molar refractivity (Wildman–Crippen MR) is 105 cm³/mol. The summed E-state index contributed by atoms with van der Waals surface area (Å²) in [6.45, 7) is 9.85. The Bertz CT molecular complexity index is 704. The summed E-state index contributed by atoms with van der Waals surface area (Å²) in [7, 11) is 1.67. The van der Waals surface area contributed by atoms with Crippen molar-refractivity contribution in [1.82, 2.24) is 15.4 Å². The molecule has 6 nitrogen and oxygen atoms in total. The average molecular weight is 373 g/mol. The van der Waals surface area contributed by atoms with Crippen LogP contribution in [0.15, 0.2) is 22.7 Å². The van der Waals surface area contributed by atoms with Crippen LogP contribution in [0.4, 0.5) is 0 Å². The number of methoxy groups -OCH3 is 1. The van der Waals surface area contributed by atoms with Gasteiger partial charge in [0.25, 0.3) is 0 Å². The van der Waals surface area contributed by atoms with Gasteiger partial charge in [0.2, 0.25) is 0 Å². The summed E-state index contributed by atoms with van der Waals surface area (Å²) < 4.78 is 16.6. The Hall–Kier alpha value is -2.05. The van der Waals surface area contributed by atoms with Crippen LogP contribution in [-0.2, 0) is 13.2 Å². The van der Waals surface area contributed by atoms with Gasteiger partial charge in [-0.05, 0) is 77.0 Å². The fourth-order valence-electron chi connectivity index (χ4n) is 3.47. The smallest absolute Gasteiger partial charge is 0.161 e. The molecule has 0 radical (unpaired) electrons. The van der Waals surface area contributed by atoms with Gasteiger partial charge < -0.3 is 24.2 Å². The maximum Gasteiger partial charge on any atom is 0.161 e. The van der Waals surface area contributed by atoms with Crippen molar-refractivity contribution in [3.8, 4) is 11.5 Å². The SMILES string of the molecule is COc1cc(CNCCCN2CCCC2)ccc1OCc1c(C)noc1C. The second kappa shape index (κ2) is 9.76. The largest absolute Gasteiger partial charge is 0.493 e. The normalized spacial score (nSPS) is 14.6. The minimum Gasteiger partial charge on any atom is -0.493 e. The van der Waals surface area contributed by atoms with Gasteiger partial charge in [0, 0.05) is 6.54 Å². The second-order valence-corrected chi connectivity index (χ2v) is 7.16. The molecule has 0 saturated carbocycles. The summed E-state index contributed by atoms with van der Waals surface area (Å²) in [5, 5.41) is 7.48. The van der Waals surface area contributed by atoms with E-state index in [9.17, 15) is 0 Å². The van der Waals surface area contributed by atoms with Gasteiger partial charge in [0.1, 0.15) is 12.4 Å². The number of rotatable bonds is 10. The van der Waals surface area contributed by atoms with Gasteiger partial charge in [-0.1, -0.05) is 11.2 Å². The lowest BCUT2D eigenvalue weighted by molar-refractivity contribution is 0.281. The topological polar surface area (TPSA) is 59.8 Å². The minimum absolute atomic E-state index is 0.422. The van der Waals surface area contributed by atoms with Crippen LogP contribution in [0.25, 0.3) is 0 Å². The Balaban J connectivity index is 1.46. The number of nitrogens with zero attached hydrogens (tertiary/aromatic N) is 2. The van der Waals surface area contributed by atoms with Gasteiger partial charge in [-0.2, -0.15) is 0 Å². The van der Waals surface area contributed by atoms with E-state index in [1.54, 1.807) is 7.11 Å². The fourth-order valence-corrected chi connectivity index (χ4v) is 3.47. The highest BCUT2D eigenvalue weighted by molar-refractivity contribution is 5.43. The van der Waals surface area contributed by atoms with Crippen molar-refractivity contribution < 1.29 is 14.0 Å². The molecular formula is C21H31N3O3. The Labute approximate surface area is 161 Å². The van der Waals surface area contributed by atoms with E-state index in [0.29, 0.717) is 6.61 Å². The number of ether oxygens (including phenoxy) is 2. The maximum absolute atomic E-state index is 5.94. The molecule has 27 heavy (non-hydrogen) atoms. The van der Waals surface area contributed by atoms with Crippen molar-refractivity contribution in [3.63, 3.8) is 0 Å². The molecule has 1 aromatic heterocycles. The molecule has 1 saturated heterocycles. The van der Waals surface area contributed by atoms with Crippen molar-refractivity contribution in [2.75, 3.05) is 33.3 Å². The highest BCUT2D eigenvalue weighted by Crippen LogP contribution is 2.29. The second-order valence-electron chi connectivity index (χ2n) is 7.16. The molecule has 0 unspecified atom stereocenters. The van der Waals surface area contributed by atoms with Crippen molar-refractivity contribution in [2.45, 2.75) is 46.3 Å². The van der Waals surface area contributed by atoms with E-state index >= 15 is 0 Å². The summed E-state index contributed by atoms with van der Waals surface area (Å²) in [5.41, 5.74) is 3.04. The van der Waals surface area contributed by atoms with E-state index in [0.717, 1.165) is 41.6 Å². The van der Waals surface area contributed by atoms with Gasteiger partial charge in [-0.15, -0.1) is 0 Å². The van der Waals surface area contributed by atoms with Crippen molar-refractivity contribution >= 4 is 0 Å². The molecule has 0 atom stereocenters. The third-order valence-corrected chi connectivity index (χ3v) is 5.14. The molecule has 0 bridgehead atoms. The van der Waals surface area contributed by atoms with Gasteiger partial charge in [-0.3, -0.25) is 0 Å². The molecule has 2 heterocycles. The minimum atomic E-state index is 0.422. The Morgan fingerprint density at radius 2 is 2.00 bits per heavy atom. The molecule has 1 N–H and O–H groups in total. The molecule has 1 aliphatic heterocycles. The van der Waals surface area contributed by atoms with Gasteiger partial charge in [-0.25, -0.2) is 0 Å². The summed E-state index contributed by atoms with van der Waals surface area (Å²) in [4.78, 5) is 2.55. The summed E-state index contributed by atoms with van der Waals surface area (Å²) >= 11 is 0. The van der Waals surface area contributed by atoms with E-state index in [1.807, 2.05) is 26.0 Å². The van der Waals surface area contributed by atoms with E-state index < -0.39 is 0 Å². The molecule has 1 fully saturated rings. The van der Waals surface area contributed by atoms with Crippen LogP contribution in [0.5, 0.6) is 11.5 Å². The lowest BCUT2D eigenvalue weighted by atomic mass is 10.2. The molecular weight excluding hydrogens is 342 g/mol. The zero-order chi connectivity index (χ0) is 19.1. The monoisotopic (exact) mass is 373 g/mol. The lowest BCUT2D eigenvalue weighted by Crippen LogP contribution is -2.24. The van der Waals surface area contributed by atoms with Crippen LogP contribution in [0.3, 0.4) is 0 Å². The van der Waals surface area contributed by atoms with Crippen LogP contribution in [0.2, 0.25) is 0 Å². The first-order chi connectivity index (χ1) is 13.2. The summed E-state index contributed by atoms with van der Waals surface area (Å²) in [6, 6.07) is 6.09. The quantitative estimate of drug-likeness (QED) is 0.644. The number of hydrogen-bond donors (Lipinski definition) is 1. The molecule has 6 heteroatoms. The molecule has 1 aromatic carbocycles. The fraction of sp³-hybridized carbons (Fsp3) is 0.571. The molecule has 2 aromatic rings. The summed E-state index contributed by atoms with van der Waals surface area (Å²) in [5.74, 6) is 2.27. The van der Waals surface area contributed by atoms with Crippen LogP contribution >= 0.6 is 0 Å². The molecule has 3 rings (SSSR count). The Morgan fingerprint density at radius 1 is 1.19 bits per heavy atom. The lowest BCUT2D eigenvalue weighted by Gasteiger charge is -2.15. The first kappa shape index (κ1) is 19.7. The summed E-state index contributed by atoms with van der Waals surface area (Å²) in [6.07, 6.45) is 3.91. The van der Waals surface area contributed by atoms with Crippen LogP contribution in [0.1, 0.15) is 41.8 Å². The number of benzene rings is 1. The van der Waals surface area contributed by atoms with Crippen molar-refractivity contribution in [3.05, 3.63) is 40.8 Å². The Morgan fingerprint density at radius 3 is 2.70 bits per heavy atom. The third-order valence-electron chi connectivity index (χ3n) is 5.14. The number of likely N-dealkylation sites (tertiary alicyclic amines) is 1. The van der Waals surface area contributed by atoms with E-state index in [4.69, 9.17) is 14.0 Å². The van der Waals surface area contributed by atoms with Gasteiger partial charge in [0.05, 0.1) is 18.4 Å².